The molecule has 0 aliphatic rings. The Kier molecular flexibility index (Phi) is 2.76. The van der Waals surface area contributed by atoms with Crippen molar-refractivity contribution in [2.75, 3.05) is 5.73 Å². The third-order valence-electron chi connectivity index (χ3n) is 2.22. The number of halogens is 1. The molecular formula is C12H8ClN3. The zero-order valence-corrected chi connectivity index (χ0v) is 9.07. The summed E-state index contributed by atoms with van der Waals surface area (Å²) in [5, 5.41) is 9.55. The highest BCUT2D eigenvalue weighted by atomic mass is 35.5. The van der Waals surface area contributed by atoms with Gasteiger partial charge in [0.25, 0.3) is 0 Å². The van der Waals surface area contributed by atoms with Gasteiger partial charge in [-0.05, 0) is 18.2 Å². The van der Waals surface area contributed by atoms with E-state index in [9.17, 15) is 0 Å². The summed E-state index contributed by atoms with van der Waals surface area (Å²) in [4.78, 5) is 4.16. The summed E-state index contributed by atoms with van der Waals surface area (Å²) in [6.45, 7) is 0. The molecule has 0 saturated carbocycles. The molecule has 0 radical (unpaired) electrons. The molecule has 0 atom stereocenters. The van der Waals surface area contributed by atoms with Crippen molar-refractivity contribution in [1.29, 1.82) is 5.26 Å². The van der Waals surface area contributed by atoms with Crippen LogP contribution in [0.3, 0.4) is 0 Å². The first-order valence-electron chi connectivity index (χ1n) is 4.63. The lowest BCUT2D eigenvalue weighted by Crippen LogP contribution is -1.94. The number of pyridine rings is 1. The molecule has 3 nitrogen and oxygen atoms in total. The Labute approximate surface area is 98.1 Å². The second-order valence-electron chi connectivity index (χ2n) is 3.22. The molecule has 1 heterocycles. The molecule has 0 bridgehead atoms. The van der Waals surface area contributed by atoms with Gasteiger partial charge in [0, 0.05) is 11.8 Å². The van der Waals surface area contributed by atoms with Gasteiger partial charge in [0.2, 0.25) is 0 Å². The second kappa shape index (κ2) is 4.21. The predicted octanol–water partition coefficient (Wildman–Crippen LogP) is 2.86. The Morgan fingerprint density at radius 3 is 2.75 bits per heavy atom. The first kappa shape index (κ1) is 10.5. The molecular weight excluding hydrogens is 222 g/mol. The number of nitrogen functional groups attached to an aromatic ring is 1. The van der Waals surface area contributed by atoms with E-state index >= 15 is 0 Å². The number of nitrogens with two attached hydrogens (primary N) is 1. The Balaban J connectivity index is 2.71. The molecule has 1 aromatic heterocycles. The molecule has 2 N–H and O–H groups in total. The van der Waals surface area contributed by atoms with Gasteiger partial charge in [0.05, 0.1) is 22.0 Å². The molecule has 2 aromatic rings. The van der Waals surface area contributed by atoms with Crippen LogP contribution in [0.4, 0.5) is 5.69 Å². The van der Waals surface area contributed by atoms with E-state index in [-0.39, 0.29) is 0 Å². The number of nitriles is 1. The Hall–Kier alpha value is -2.05. The van der Waals surface area contributed by atoms with Crippen LogP contribution in [0.15, 0.2) is 36.5 Å². The minimum absolute atomic E-state index is 0.406. The van der Waals surface area contributed by atoms with E-state index in [2.05, 4.69) is 11.1 Å². The molecule has 0 spiro atoms. The van der Waals surface area contributed by atoms with Gasteiger partial charge in [-0.3, -0.25) is 4.98 Å². The predicted molar refractivity (Wildman–Crippen MR) is 63.8 cm³/mol. The van der Waals surface area contributed by atoms with Crippen molar-refractivity contribution in [3.63, 3.8) is 0 Å². The fourth-order valence-corrected chi connectivity index (χ4v) is 1.70. The monoisotopic (exact) mass is 229 g/mol. The lowest BCUT2D eigenvalue weighted by atomic mass is 10.0. The van der Waals surface area contributed by atoms with Crippen molar-refractivity contribution < 1.29 is 0 Å². The molecule has 0 aliphatic carbocycles. The van der Waals surface area contributed by atoms with Crippen LogP contribution >= 0.6 is 11.6 Å². The van der Waals surface area contributed by atoms with E-state index in [4.69, 9.17) is 22.6 Å². The molecule has 0 amide bonds. The summed E-state index contributed by atoms with van der Waals surface area (Å²) in [5.41, 5.74) is 7.80. The molecule has 78 valence electrons. The molecule has 0 fully saturated rings. The van der Waals surface area contributed by atoms with Crippen LogP contribution in [0.25, 0.3) is 11.3 Å². The van der Waals surface area contributed by atoms with Crippen molar-refractivity contribution in [3.05, 3.63) is 47.1 Å². The average molecular weight is 230 g/mol. The number of hydrogen-bond acceptors (Lipinski definition) is 3. The summed E-state index contributed by atoms with van der Waals surface area (Å²) in [5.74, 6) is 0. The maximum Gasteiger partial charge on any atom is 0.102 e. The smallest absolute Gasteiger partial charge is 0.102 e. The molecule has 4 heteroatoms. The lowest BCUT2D eigenvalue weighted by Gasteiger charge is -2.06. The zero-order valence-electron chi connectivity index (χ0n) is 8.31. The van der Waals surface area contributed by atoms with Gasteiger partial charge in [-0.15, -0.1) is 0 Å². The SMILES string of the molecule is N#Cc1c(N)cccc1-c1ncccc1Cl. The summed E-state index contributed by atoms with van der Waals surface area (Å²) < 4.78 is 0. The molecule has 16 heavy (non-hydrogen) atoms. The lowest BCUT2D eigenvalue weighted by molar-refractivity contribution is 1.32. The van der Waals surface area contributed by atoms with E-state index in [1.54, 1.807) is 36.5 Å². The number of hydrogen-bond donors (Lipinski definition) is 1. The number of aromatic nitrogens is 1. The fourth-order valence-electron chi connectivity index (χ4n) is 1.48. The maximum absolute atomic E-state index is 9.05. The van der Waals surface area contributed by atoms with Crippen molar-refractivity contribution >= 4 is 17.3 Å². The van der Waals surface area contributed by atoms with Gasteiger partial charge in [0.15, 0.2) is 0 Å². The molecule has 0 aliphatic heterocycles. The van der Waals surface area contributed by atoms with Crippen LogP contribution in [0.1, 0.15) is 5.56 Å². The van der Waals surface area contributed by atoms with Gasteiger partial charge >= 0.3 is 0 Å². The minimum atomic E-state index is 0.406. The van der Waals surface area contributed by atoms with Crippen LogP contribution in [0.2, 0.25) is 5.02 Å². The van der Waals surface area contributed by atoms with Crippen molar-refractivity contribution in [2.24, 2.45) is 0 Å². The van der Waals surface area contributed by atoms with Crippen molar-refractivity contribution in [2.45, 2.75) is 0 Å². The summed E-state index contributed by atoms with van der Waals surface area (Å²) in [7, 11) is 0. The largest absolute Gasteiger partial charge is 0.398 e. The van der Waals surface area contributed by atoms with Gasteiger partial charge in [-0.2, -0.15) is 5.26 Å². The van der Waals surface area contributed by atoms with Crippen molar-refractivity contribution in [3.8, 4) is 17.3 Å². The van der Waals surface area contributed by atoms with E-state index < -0.39 is 0 Å². The summed E-state index contributed by atoms with van der Waals surface area (Å²) in [6, 6.07) is 10.8. The standard InChI is InChI=1S/C12H8ClN3/c13-10-4-2-6-16-12(10)8-3-1-5-11(15)9(8)7-14/h1-6H,15H2. The second-order valence-corrected chi connectivity index (χ2v) is 3.62. The highest BCUT2D eigenvalue weighted by Crippen LogP contribution is 2.30. The Morgan fingerprint density at radius 2 is 2.06 bits per heavy atom. The summed E-state index contributed by atoms with van der Waals surface area (Å²) in [6.07, 6.45) is 1.63. The van der Waals surface area contributed by atoms with Crippen LogP contribution < -0.4 is 5.73 Å². The molecule has 2 rings (SSSR count). The molecule has 0 unspecified atom stereocenters. The van der Waals surface area contributed by atoms with Gasteiger partial charge in [0.1, 0.15) is 6.07 Å². The first-order chi connectivity index (χ1) is 7.74. The fraction of sp³-hybridized carbons (Fsp3) is 0. The van der Waals surface area contributed by atoms with Crippen LogP contribution in [0.5, 0.6) is 0 Å². The number of anilines is 1. The van der Waals surface area contributed by atoms with Gasteiger partial charge in [-0.1, -0.05) is 23.7 Å². The number of benzene rings is 1. The van der Waals surface area contributed by atoms with Crippen LogP contribution in [-0.4, -0.2) is 4.98 Å². The molecule has 0 saturated heterocycles. The quantitative estimate of drug-likeness (QED) is 0.765. The zero-order chi connectivity index (χ0) is 11.5. The van der Waals surface area contributed by atoms with Gasteiger partial charge in [-0.25, -0.2) is 0 Å². The van der Waals surface area contributed by atoms with Crippen molar-refractivity contribution in [1.82, 2.24) is 4.98 Å². The van der Waals surface area contributed by atoms with E-state index in [0.29, 0.717) is 27.5 Å². The van der Waals surface area contributed by atoms with Gasteiger partial charge < -0.3 is 5.73 Å². The highest BCUT2D eigenvalue weighted by molar-refractivity contribution is 6.33. The summed E-state index contributed by atoms with van der Waals surface area (Å²) >= 11 is 6.03. The van der Waals surface area contributed by atoms with Crippen LogP contribution in [-0.2, 0) is 0 Å². The molecule has 1 aromatic carbocycles. The Morgan fingerprint density at radius 1 is 1.25 bits per heavy atom. The van der Waals surface area contributed by atoms with E-state index in [1.165, 1.54) is 0 Å². The third kappa shape index (κ3) is 1.71. The number of nitrogens with zero attached hydrogens (tertiary/aromatic N) is 2. The normalized spacial score (nSPS) is 9.75. The third-order valence-corrected chi connectivity index (χ3v) is 2.53. The topological polar surface area (TPSA) is 62.7 Å². The first-order valence-corrected chi connectivity index (χ1v) is 5.01. The number of rotatable bonds is 1. The maximum atomic E-state index is 9.05. The van der Waals surface area contributed by atoms with Crippen LogP contribution in [0, 0.1) is 11.3 Å². The minimum Gasteiger partial charge on any atom is -0.398 e. The highest BCUT2D eigenvalue weighted by Gasteiger charge is 2.11. The Bertz CT molecular complexity index is 573. The van der Waals surface area contributed by atoms with E-state index in [0.717, 1.165) is 0 Å². The van der Waals surface area contributed by atoms with E-state index in [1.807, 2.05) is 0 Å². The average Bonchev–Trinajstić information content (AvgIpc) is 2.29.